The minimum absolute atomic E-state index is 0.129. The van der Waals surface area contributed by atoms with Gasteiger partial charge in [0.15, 0.2) is 0 Å². The summed E-state index contributed by atoms with van der Waals surface area (Å²) in [5.41, 5.74) is 3.05. The molecule has 0 radical (unpaired) electrons. The van der Waals surface area contributed by atoms with E-state index >= 15 is 0 Å². The smallest absolute Gasteiger partial charge is 0.126 e. The van der Waals surface area contributed by atoms with Gasteiger partial charge in [-0.3, -0.25) is 0 Å². The van der Waals surface area contributed by atoms with E-state index in [4.69, 9.17) is 0 Å². The van der Waals surface area contributed by atoms with Gasteiger partial charge in [0.2, 0.25) is 0 Å². The maximum absolute atomic E-state index is 13.5. The van der Waals surface area contributed by atoms with Crippen molar-refractivity contribution in [2.24, 2.45) is 0 Å². The van der Waals surface area contributed by atoms with Crippen LogP contribution in [0.1, 0.15) is 41.0 Å². The largest absolute Gasteiger partial charge is 0.306 e. The van der Waals surface area contributed by atoms with E-state index in [-0.39, 0.29) is 11.9 Å². The Morgan fingerprint density at radius 2 is 2.00 bits per heavy atom. The van der Waals surface area contributed by atoms with Crippen LogP contribution in [0.25, 0.3) is 0 Å². The molecule has 0 aliphatic carbocycles. The Morgan fingerprint density at radius 1 is 1.25 bits per heavy atom. The fourth-order valence-electron chi connectivity index (χ4n) is 2.14. The van der Waals surface area contributed by atoms with Crippen molar-refractivity contribution in [1.29, 1.82) is 0 Å². The van der Waals surface area contributed by atoms with Crippen molar-refractivity contribution in [3.8, 4) is 0 Å². The standard InChI is InChI=1S/C16H19BrFNS/c1-4-7-19-15(14-9-11(3)16(17)20-14)12-5-6-13(18)10(2)8-12/h5-6,8-9,15,19H,4,7H2,1-3H3. The van der Waals surface area contributed by atoms with E-state index in [1.54, 1.807) is 17.4 Å². The van der Waals surface area contributed by atoms with Crippen LogP contribution >= 0.6 is 27.3 Å². The zero-order valence-electron chi connectivity index (χ0n) is 12.0. The zero-order chi connectivity index (χ0) is 14.7. The molecule has 0 saturated carbocycles. The van der Waals surface area contributed by atoms with Crippen LogP contribution in [0.2, 0.25) is 0 Å². The molecule has 1 atom stereocenters. The van der Waals surface area contributed by atoms with Gasteiger partial charge in [-0.15, -0.1) is 11.3 Å². The lowest BCUT2D eigenvalue weighted by Gasteiger charge is -2.18. The molecule has 1 unspecified atom stereocenters. The molecule has 0 amide bonds. The number of benzene rings is 1. The summed E-state index contributed by atoms with van der Waals surface area (Å²) in [6.45, 7) is 6.99. The number of aryl methyl sites for hydroxylation is 2. The second-order valence-electron chi connectivity index (χ2n) is 5.00. The fourth-order valence-corrected chi connectivity index (χ4v) is 3.82. The van der Waals surface area contributed by atoms with Crippen LogP contribution in [0.5, 0.6) is 0 Å². The molecular formula is C16H19BrFNS. The molecule has 1 nitrogen and oxygen atoms in total. The fraction of sp³-hybridized carbons (Fsp3) is 0.375. The molecule has 0 bridgehead atoms. The van der Waals surface area contributed by atoms with Crippen molar-refractivity contribution in [3.05, 3.63) is 55.4 Å². The predicted molar refractivity (Wildman–Crippen MR) is 88.0 cm³/mol. The highest BCUT2D eigenvalue weighted by Gasteiger charge is 2.17. The average Bonchev–Trinajstić information content (AvgIpc) is 2.74. The van der Waals surface area contributed by atoms with Gasteiger partial charge in [0.05, 0.1) is 9.83 Å². The van der Waals surface area contributed by atoms with E-state index in [0.717, 1.165) is 22.3 Å². The van der Waals surface area contributed by atoms with Crippen LogP contribution in [-0.2, 0) is 0 Å². The summed E-state index contributed by atoms with van der Waals surface area (Å²) in [6, 6.07) is 7.69. The van der Waals surface area contributed by atoms with Gasteiger partial charge in [-0.25, -0.2) is 4.39 Å². The minimum atomic E-state index is -0.147. The van der Waals surface area contributed by atoms with Gasteiger partial charge in [0.25, 0.3) is 0 Å². The van der Waals surface area contributed by atoms with Crippen LogP contribution in [0.4, 0.5) is 4.39 Å². The Hall–Kier alpha value is -0.710. The summed E-state index contributed by atoms with van der Waals surface area (Å²) in [5, 5.41) is 3.56. The zero-order valence-corrected chi connectivity index (χ0v) is 14.4. The molecule has 1 aromatic carbocycles. The van der Waals surface area contributed by atoms with Crippen LogP contribution in [0, 0.1) is 19.7 Å². The Bertz CT molecular complexity index is 575. The highest BCUT2D eigenvalue weighted by atomic mass is 79.9. The molecule has 20 heavy (non-hydrogen) atoms. The quantitative estimate of drug-likeness (QED) is 0.761. The average molecular weight is 356 g/mol. The molecule has 1 aromatic heterocycles. The molecule has 2 aromatic rings. The number of halogens is 2. The van der Waals surface area contributed by atoms with E-state index in [9.17, 15) is 4.39 Å². The number of thiophene rings is 1. The second kappa shape index (κ2) is 6.83. The first-order valence-corrected chi connectivity index (χ1v) is 8.39. The normalized spacial score (nSPS) is 12.7. The van der Waals surface area contributed by atoms with Crippen molar-refractivity contribution in [1.82, 2.24) is 5.32 Å². The second-order valence-corrected chi connectivity index (χ2v) is 7.40. The number of rotatable bonds is 5. The minimum Gasteiger partial charge on any atom is -0.306 e. The molecule has 1 heterocycles. The van der Waals surface area contributed by atoms with E-state index in [0.29, 0.717) is 5.56 Å². The van der Waals surface area contributed by atoms with Crippen molar-refractivity contribution < 1.29 is 4.39 Å². The van der Waals surface area contributed by atoms with Gasteiger partial charge < -0.3 is 5.32 Å². The van der Waals surface area contributed by atoms with Crippen molar-refractivity contribution in [2.45, 2.75) is 33.2 Å². The van der Waals surface area contributed by atoms with Gasteiger partial charge in [-0.1, -0.05) is 19.1 Å². The molecule has 1 N–H and O–H groups in total. The lowest BCUT2D eigenvalue weighted by molar-refractivity contribution is 0.595. The number of nitrogens with one attached hydrogen (secondary N) is 1. The summed E-state index contributed by atoms with van der Waals surface area (Å²) < 4.78 is 14.6. The topological polar surface area (TPSA) is 12.0 Å². The molecular weight excluding hydrogens is 337 g/mol. The highest BCUT2D eigenvalue weighted by molar-refractivity contribution is 9.11. The molecule has 4 heteroatoms. The molecule has 108 valence electrons. The summed E-state index contributed by atoms with van der Waals surface area (Å²) >= 11 is 5.32. The van der Waals surface area contributed by atoms with E-state index in [2.05, 4.69) is 41.2 Å². The summed E-state index contributed by atoms with van der Waals surface area (Å²) in [4.78, 5) is 1.26. The van der Waals surface area contributed by atoms with E-state index < -0.39 is 0 Å². The third kappa shape index (κ3) is 3.48. The van der Waals surface area contributed by atoms with E-state index in [1.165, 1.54) is 10.4 Å². The molecule has 0 aliphatic heterocycles. The maximum Gasteiger partial charge on any atom is 0.126 e. The Labute approximate surface area is 132 Å². The molecule has 2 rings (SSSR count). The summed E-state index contributed by atoms with van der Waals surface area (Å²) in [7, 11) is 0. The lowest BCUT2D eigenvalue weighted by Crippen LogP contribution is -2.22. The summed E-state index contributed by atoms with van der Waals surface area (Å²) in [5.74, 6) is -0.147. The first-order chi connectivity index (χ1) is 9.52. The van der Waals surface area contributed by atoms with Gasteiger partial charge in [-0.2, -0.15) is 0 Å². The Kier molecular flexibility index (Phi) is 5.35. The maximum atomic E-state index is 13.5. The van der Waals surface area contributed by atoms with Gasteiger partial charge in [0, 0.05) is 4.88 Å². The molecule has 0 aliphatic rings. The summed E-state index contributed by atoms with van der Waals surface area (Å²) in [6.07, 6.45) is 1.07. The predicted octanol–water partition coefficient (Wildman–Crippen LogP) is 5.36. The van der Waals surface area contributed by atoms with Crippen molar-refractivity contribution >= 4 is 27.3 Å². The number of hydrogen-bond acceptors (Lipinski definition) is 2. The monoisotopic (exact) mass is 355 g/mol. The van der Waals surface area contributed by atoms with E-state index in [1.807, 2.05) is 19.1 Å². The van der Waals surface area contributed by atoms with Crippen LogP contribution in [-0.4, -0.2) is 6.54 Å². The first kappa shape index (κ1) is 15.7. The lowest BCUT2D eigenvalue weighted by atomic mass is 10.0. The third-order valence-corrected chi connectivity index (χ3v) is 5.48. The highest BCUT2D eigenvalue weighted by Crippen LogP contribution is 2.34. The molecule has 0 spiro atoms. The third-order valence-electron chi connectivity index (χ3n) is 3.27. The Balaban J connectivity index is 2.38. The molecule has 0 saturated heterocycles. The SMILES string of the molecule is CCCNC(c1ccc(F)c(C)c1)c1cc(C)c(Br)s1. The van der Waals surface area contributed by atoms with Crippen LogP contribution in [0.3, 0.4) is 0 Å². The number of hydrogen-bond donors (Lipinski definition) is 1. The van der Waals surface area contributed by atoms with Gasteiger partial charge >= 0.3 is 0 Å². The van der Waals surface area contributed by atoms with Crippen LogP contribution in [0.15, 0.2) is 28.1 Å². The van der Waals surface area contributed by atoms with Crippen molar-refractivity contribution in [2.75, 3.05) is 6.54 Å². The van der Waals surface area contributed by atoms with Crippen LogP contribution < -0.4 is 5.32 Å². The molecule has 0 fully saturated rings. The Morgan fingerprint density at radius 3 is 2.55 bits per heavy atom. The van der Waals surface area contributed by atoms with Crippen molar-refractivity contribution in [3.63, 3.8) is 0 Å². The first-order valence-electron chi connectivity index (χ1n) is 6.78. The van der Waals surface area contributed by atoms with Gasteiger partial charge in [-0.05, 0) is 71.6 Å². The van der Waals surface area contributed by atoms with Gasteiger partial charge in [0.1, 0.15) is 5.82 Å².